The van der Waals surface area contributed by atoms with Crippen LogP contribution in [0, 0.1) is 13.8 Å². The van der Waals surface area contributed by atoms with Gasteiger partial charge in [0.2, 0.25) is 0 Å². The first-order valence-corrected chi connectivity index (χ1v) is 6.74. The second kappa shape index (κ2) is 4.98. The molecule has 2 aromatic rings. The summed E-state index contributed by atoms with van der Waals surface area (Å²) < 4.78 is 2.02. The molecular weight excluding hydrogens is 232 g/mol. The van der Waals surface area contributed by atoms with Gasteiger partial charge in [-0.15, -0.1) is 11.3 Å². The van der Waals surface area contributed by atoms with Crippen molar-refractivity contribution in [3.8, 4) is 11.3 Å². The first-order chi connectivity index (χ1) is 8.17. The molecule has 92 valence electrons. The molecule has 0 atom stereocenters. The van der Waals surface area contributed by atoms with Gasteiger partial charge in [0.25, 0.3) is 0 Å². The molecule has 0 saturated heterocycles. The lowest BCUT2D eigenvalue weighted by molar-refractivity contribution is 0.634. The highest BCUT2D eigenvalue weighted by Crippen LogP contribution is 2.28. The first kappa shape index (κ1) is 12.3. The predicted octanol–water partition coefficient (Wildman–Crippen LogP) is 2.14. The van der Waals surface area contributed by atoms with Crippen molar-refractivity contribution < 1.29 is 0 Å². The minimum absolute atomic E-state index is 0.652. The van der Waals surface area contributed by atoms with E-state index in [1.807, 2.05) is 11.6 Å². The minimum atomic E-state index is 0.652. The van der Waals surface area contributed by atoms with Crippen molar-refractivity contribution >= 4 is 11.3 Å². The zero-order valence-electron chi connectivity index (χ0n) is 10.5. The molecule has 0 unspecified atom stereocenters. The molecule has 4 nitrogen and oxygen atoms in total. The fraction of sp³-hybridized carbons (Fsp3) is 0.500. The van der Waals surface area contributed by atoms with Crippen LogP contribution in [0.2, 0.25) is 0 Å². The quantitative estimate of drug-likeness (QED) is 0.904. The SMILES string of the molecule is CCn1nc(C)c(-c2csc(CCN)n2)c1C. The zero-order valence-corrected chi connectivity index (χ0v) is 11.3. The zero-order chi connectivity index (χ0) is 12.4. The number of hydrogen-bond acceptors (Lipinski definition) is 4. The van der Waals surface area contributed by atoms with Crippen LogP contribution in [0.1, 0.15) is 23.3 Å². The van der Waals surface area contributed by atoms with E-state index in [4.69, 9.17) is 5.73 Å². The Morgan fingerprint density at radius 3 is 2.76 bits per heavy atom. The third kappa shape index (κ3) is 2.25. The molecule has 2 rings (SSSR count). The van der Waals surface area contributed by atoms with E-state index in [0.717, 1.165) is 29.4 Å². The Labute approximate surface area is 105 Å². The molecule has 0 fully saturated rings. The molecule has 2 N–H and O–H groups in total. The van der Waals surface area contributed by atoms with Crippen LogP contribution in [0.25, 0.3) is 11.3 Å². The van der Waals surface area contributed by atoms with E-state index in [0.29, 0.717) is 6.54 Å². The highest BCUT2D eigenvalue weighted by atomic mass is 32.1. The van der Waals surface area contributed by atoms with Crippen molar-refractivity contribution in [1.82, 2.24) is 14.8 Å². The van der Waals surface area contributed by atoms with Gasteiger partial charge >= 0.3 is 0 Å². The van der Waals surface area contributed by atoms with Crippen molar-refractivity contribution in [3.05, 3.63) is 21.8 Å². The lowest BCUT2D eigenvalue weighted by atomic mass is 10.1. The summed E-state index contributed by atoms with van der Waals surface area (Å²) in [5, 5.41) is 7.72. The first-order valence-electron chi connectivity index (χ1n) is 5.86. The van der Waals surface area contributed by atoms with Crippen LogP contribution in [0.5, 0.6) is 0 Å². The van der Waals surface area contributed by atoms with Crippen LogP contribution >= 0.6 is 11.3 Å². The summed E-state index contributed by atoms with van der Waals surface area (Å²) in [6.45, 7) is 7.78. The molecule has 0 aliphatic heterocycles. The summed E-state index contributed by atoms with van der Waals surface area (Å²) in [5.41, 5.74) is 9.99. The molecule has 0 saturated carbocycles. The highest BCUT2D eigenvalue weighted by Gasteiger charge is 2.15. The van der Waals surface area contributed by atoms with Crippen LogP contribution in [0.4, 0.5) is 0 Å². The van der Waals surface area contributed by atoms with Crippen LogP contribution < -0.4 is 5.73 Å². The summed E-state index contributed by atoms with van der Waals surface area (Å²) in [4.78, 5) is 4.62. The van der Waals surface area contributed by atoms with E-state index in [9.17, 15) is 0 Å². The molecule has 0 bridgehead atoms. The maximum atomic E-state index is 5.54. The van der Waals surface area contributed by atoms with E-state index in [1.165, 1.54) is 11.3 Å². The molecule has 0 amide bonds. The van der Waals surface area contributed by atoms with Crippen molar-refractivity contribution in [2.45, 2.75) is 33.7 Å². The molecular formula is C12H18N4S. The van der Waals surface area contributed by atoms with Crippen LogP contribution in [0.3, 0.4) is 0 Å². The van der Waals surface area contributed by atoms with Gasteiger partial charge in [0.1, 0.15) is 0 Å². The second-order valence-corrected chi connectivity index (χ2v) is 4.97. The highest BCUT2D eigenvalue weighted by molar-refractivity contribution is 7.09. The molecule has 0 aliphatic rings. The second-order valence-electron chi connectivity index (χ2n) is 4.03. The van der Waals surface area contributed by atoms with Gasteiger partial charge in [-0.3, -0.25) is 4.68 Å². The van der Waals surface area contributed by atoms with Gasteiger partial charge < -0.3 is 5.73 Å². The van der Waals surface area contributed by atoms with Gasteiger partial charge in [-0.25, -0.2) is 4.98 Å². The fourth-order valence-corrected chi connectivity index (χ4v) is 2.84. The van der Waals surface area contributed by atoms with Gasteiger partial charge in [-0.05, 0) is 27.3 Å². The predicted molar refractivity (Wildman–Crippen MR) is 71.2 cm³/mol. The maximum Gasteiger partial charge on any atom is 0.0945 e. The fourth-order valence-electron chi connectivity index (χ4n) is 2.04. The molecule has 17 heavy (non-hydrogen) atoms. The van der Waals surface area contributed by atoms with Gasteiger partial charge in [-0.2, -0.15) is 5.10 Å². The van der Waals surface area contributed by atoms with Gasteiger partial charge in [0.15, 0.2) is 0 Å². The van der Waals surface area contributed by atoms with Crippen molar-refractivity contribution in [3.63, 3.8) is 0 Å². The number of aryl methyl sites for hydroxylation is 2. The Kier molecular flexibility index (Phi) is 3.59. The van der Waals surface area contributed by atoms with E-state index >= 15 is 0 Å². The van der Waals surface area contributed by atoms with Gasteiger partial charge in [-0.1, -0.05) is 0 Å². The van der Waals surface area contributed by atoms with Crippen LogP contribution in [-0.4, -0.2) is 21.3 Å². The molecule has 0 spiro atoms. The number of hydrogen-bond donors (Lipinski definition) is 1. The Balaban J connectivity index is 2.41. The minimum Gasteiger partial charge on any atom is -0.330 e. The summed E-state index contributed by atoms with van der Waals surface area (Å²) in [5.74, 6) is 0. The topological polar surface area (TPSA) is 56.7 Å². The van der Waals surface area contributed by atoms with E-state index in [1.54, 1.807) is 11.3 Å². The smallest absolute Gasteiger partial charge is 0.0945 e. The number of nitrogens with two attached hydrogens (primary N) is 1. The van der Waals surface area contributed by atoms with Crippen molar-refractivity contribution in [1.29, 1.82) is 0 Å². The number of thiazole rings is 1. The Hall–Kier alpha value is -1.20. The molecule has 0 aliphatic carbocycles. The standard InChI is InChI=1S/C12H18N4S/c1-4-16-9(3)12(8(2)15-16)10-7-17-11(14-10)5-6-13/h7H,4-6,13H2,1-3H3. The monoisotopic (exact) mass is 250 g/mol. The summed E-state index contributed by atoms with van der Waals surface area (Å²) in [6, 6.07) is 0. The Morgan fingerprint density at radius 1 is 1.41 bits per heavy atom. The molecule has 0 aromatic carbocycles. The lowest BCUT2D eigenvalue weighted by Crippen LogP contribution is -2.02. The normalized spacial score (nSPS) is 11.1. The Bertz CT molecular complexity index is 513. The lowest BCUT2D eigenvalue weighted by Gasteiger charge is -1.99. The summed E-state index contributed by atoms with van der Waals surface area (Å²) in [6.07, 6.45) is 0.852. The van der Waals surface area contributed by atoms with E-state index in [2.05, 4.69) is 29.3 Å². The van der Waals surface area contributed by atoms with Crippen LogP contribution in [-0.2, 0) is 13.0 Å². The maximum absolute atomic E-state index is 5.54. The number of rotatable bonds is 4. The van der Waals surface area contributed by atoms with Crippen molar-refractivity contribution in [2.75, 3.05) is 6.54 Å². The largest absolute Gasteiger partial charge is 0.330 e. The molecule has 2 heterocycles. The molecule has 0 radical (unpaired) electrons. The van der Waals surface area contributed by atoms with Gasteiger partial charge in [0, 0.05) is 29.6 Å². The third-order valence-corrected chi connectivity index (χ3v) is 3.76. The molecule has 2 aromatic heterocycles. The average Bonchev–Trinajstić information content (AvgIpc) is 2.84. The van der Waals surface area contributed by atoms with Crippen molar-refractivity contribution in [2.24, 2.45) is 5.73 Å². The number of nitrogens with zero attached hydrogens (tertiary/aromatic N) is 3. The molecule has 5 heteroatoms. The average molecular weight is 250 g/mol. The number of aromatic nitrogens is 3. The van der Waals surface area contributed by atoms with E-state index < -0.39 is 0 Å². The summed E-state index contributed by atoms with van der Waals surface area (Å²) in [7, 11) is 0. The third-order valence-electron chi connectivity index (χ3n) is 2.85. The Morgan fingerprint density at radius 2 is 2.18 bits per heavy atom. The van der Waals surface area contributed by atoms with Crippen LogP contribution in [0.15, 0.2) is 5.38 Å². The van der Waals surface area contributed by atoms with Gasteiger partial charge in [0.05, 0.1) is 16.4 Å². The summed E-state index contributed by atoms with van der Waals surface area (Å²) >= 11 is 1.68. The van der Waals surface area contributed by atoms with E-state index in [-0.39, 0.29) is 0 Å².